The van der Waals surface area contributed by atoms with Crippen LogP contribution in [0.25, 0.3) is 10.9 Å². The van der Waals surface area contributed by atoms with Gasteiger partial charge >= 0.3 is 11.8 Å². The average Bonchev–Trinajstić information content (AvgIpc) is 3.58. The number of nitrogens with zero attached hydrogens (tertiary/aromatic N) is 6. The minimum atomic E-state index is -0.732. The first-order chi connectivity index (χ1) is 18.2. The molecule has 3 N–H and O–H groups in total. The number of likely N-dealkylation sites (N-methyl/N-ethyl adjacent to an activating group) is 1. The van der Waals surface area contributed by atoms with Crippen LogP contribution >= 0.6 is 0 Å². The topological polar surface area (TPSA) is 130 Å². The lowest BCUT2D eigenvalue weighted by atomic mass is 10.1. The summed E-state index contributed by atoms with van der Waals surface area (Å²) < 4.78 is 0. The molecule has 0 saturated carbocycles. The minimum absolute atomic E-state index is 0.0612. The highest BCUT2D eigenvalue weighted by atomic mass is 16.2. The highest BCUT2D eigenvalue weighted by Gasteiger charge is 2.33. The van der Waals surface area contributed by atoms with Crippen molar-refractivity contribution in [1.82, 2.24) is 35.5 Å². The van der Waals surface area contributed by atoms with Crippen molar-refractivity contribution in [2.24, 2.45) is 5.92 Å². The number of fused-ring (bicyclic) bond motifs is 1. The van der Waals surface area contributed by atoms with Crippen LogP contribution in [0, 0.1) is 5.92 Å². The van der Waals surface area contributed by atoms with Crippen LogP contribution in [0.15, 0.2) is 48.9 Å². The standard InChI is InChI=1S/C17H22N6O3.C9H13N3/c1-10(2)16(25)23-5-4-22(9-11(23)3)17(26)15(24)20-13-8-18-6-12-7-19-21-14(12)13;1-11-7-8-12(10-11)9-5-3-2-4-6-9/h6-8,10-11H,4-5,9H2,1-3H3,(H,19,21)(H,20,24);2-6,10H,7-8H2,1H3. The van der Waals surface area contributed by atoms with Crippen molar-refractivity contribution in [2.75, 3.05) is 50.1 Å². The molecule has 2 aliphatic rings. The first-order valence-electron chi connectivity index (χ1n) is 12.7. The third-order valence-corrected chi connectivity index (χ3v) is 6.51. The van der Waals surface area contributed by atoms with Crippen LogP contribution in [-0.4, -0.2) is 93.5 Å². The van der Waals surface area contributed by atoms with Crippen LogP contribution < -0.4 is 15.9 Å². The Hall–Kier alpha value is -4.03. The first-order valence-corrected chi connectivity index (χ1v) is 12.7. The van der Waals surface area contributed by atoms with Crippen molar-refractivity contribution < 1.29 is 14.4 Å². The van der Waals surface area contributed by atoms with E-state index in [-0.39, 0.29) is 17.9 Å². The normalized spacial score (nSPS) is 17.9. The number of H-pyrrole nitrogens is 1. The fourth-order valence-corrected chi connectivity index (χ4v) is 4.43. The number of anilines is 2. The van der Waals surface area contributed by atoms with E-state index in [2.05, 4.69) is 60.3 Å². The number of aromatic nitrogens is 3. The van der Waals surface area contributed by atoms with E-state index in [1.54, 1.807) is 17.3 Å². The summed E-state index contributed by atoms with van der Waals surface area (Å²) in [5.74, 6) is -1.38. The van der Waals surface area contributed by atoms with E-state index in [1.165, 1.54) is 16.8 Å². The predicted octanol–water partition coefficient (Wildman–Crippen LogP) is 1.47. The molecule has 3 aromatic rings. The summed E-state index contributed by atoms with van der Waals surface area (Å²) >= 11 is 0. The molecule has 2 saturated heterocycles. The molecular weight excluding hydrogens is 486 g/mol. The number of benzene rings is 1. The fraction of sp³-hybridized carbons (Fsp3) is 0.423. The maximum Gasteiger partial charge on any atom is 0.314 e. The lowest BCUT2D eigenvalue weighted by Gasteiger charge is -2.40. The predicted molar refractivity (Wildman–Crippen MR) is 145 cm³/mol. The number of amides is 3. The van der Waals surface area contributed by atoms with Gasteiger partial charge < -0.3 is 15.1 Å². The monoisotopic (exact) mass is 521 g/mol. The molecule has 38 heavy (non-hydrogen) atoms. The van der Waals surface area contributed by atoms with Gasteiger partial charge in [-0.15, -0.1) is 0 Å². The van der Waals surface area contributed by atoms with Gasteiger partial charge in [0.15, 0.2) is 0 Å². The van der Waals surface area contributed by atoms with E-state index in [0.29, 0.717) is 30.8 Å². The van der Waals surface area contributed by atoms with E-state index in [1.807, 2.05) is 33.9 Å². The summed E-state index contributed by atoms with van der Waals surface area (Å²) in [6.07, 6.45) is 4.67. The van der Waals surface area contributed by atoms with Gasteiger partial charge in [-0.2, -0.15) is 10.6 Å². The van der Waals surface area contributed by atoms with Crippen molar-refractivity contribution in [3.05, 3.63) is 48.9 Å². The van der Waals surface area contributed by atoms with Gasteiger partial charge in [-0.3, -0.25) is 29.5 Å². The number of hydrazine groups is 2. The molecule has 1 aromatic carbocycles. The molecule has 0 bridgehead atoms. The zero-order valence-corrected chi connectivity index (χ0v) is 22.2. The van der Waals surface area contributed by atoms with Crippen molar-refractivity contribution in [3.63, 3.8) is 0 Å². The van der Waals surface area contributed by atoms with E-state index >= 15 is 0 Å². The Morgan fingerprint density at radius 3 is 2.45 bits per heavy atom. The molecule has 12 heteroatoms. The van der Waals surface area contributed by atoms with Crippen LogP contribution in [0.4, 0.5) is 11.4 Å². The van der Waals surface area contributed by atoms with Gasteiger partial charge in [-0.1, -0.05) is 32.0 Å². The summed E-state index contributed by atoms with van der Waals surface area (Å²) in [6, 6.07) is 10.2. The second kappa shape index (κ2) is 12.0. The zero-order chi connectivity index (χ0) is 27.2. The van der Waals surface area contributed by atoms with E-state index in [4.69, 9.17) is 0 Å². The van der Waals surface area contributed by atoms with Crippen LogP contribution in [0.3, 0.4) is 0 Å². The summed E-state index contributed by atoms with van der Waals surface area (Å²) in [5, 5.41) is 14.2. The van der Waals surface area contributed by atoms with Gasteiger partial charge in [-0.25, -0.2) is 5.01 Å². The largest absolute Gasteiger partial charge is 0.336 e. The first kappa shape index (κ1) is 27.0. The molecule has 0 radical (unpaired) electrons. The third-order valence-electron chi connectivity index (χ3n) is 6.51. The number of hydrogen-bond acceptors (Lipinski definition) is 8. The molecule has 3 amide bonds. The van der Waals surface area contributed by atoms with Crippen LogP contribution in [0.2, 0.25) is 0 Å². The highest BCUT2D eigenvalue weighted by molar-refractivity contribution is 6.40. The smallest absolute Gasteiger partial charge is 0.314 e. The average molecular weight is 522 g/mol. The summed E-state index contributed by atoms with van der Waals surface area (Å²) in [6.45, 7) is 8.78. The molecule has 0 spiro atoms. The van der Waals surface area contributed by atoms with E-state index in [0.717, 1.165) is 18.5 Å². The fourth-order valence-electron chi connectivity index (χ4n) is 4.43. The molecule has 2 fully saturated rings. The van der Waals surface area contributed by atoms with Crippen LogP contribution in [-0.2, 0) is 14.4 Å². The highest BCUT2D eigenvalue weighted by Crippen LogP contribution is 2.19. The van der Waals surface area contributed by atoms with Gasteiger partial charge in [0.2, 0.25) is 5.91 Å². The van der Waals surface area contributed by atoms with Crippen molar-refractivity contribution >= 4 is 40.0 Å². The molecule has 12 nitrogen and oxygen atoms in total. The van der Waals surface area contributed by atoms with E-state index < -0.39 is 11.8 Å². The number of carbonyl (C=O) groups is 3. The second-order valence-electron chi connectivity index (χ2n) is 9.77. The lowest BCUT2D eigenvalue weighted by Crippen LogP contribution is -2.57. The zero-order valence-electron chi connectivity index (χ0n) is 22.2. The Bertz CT molecular complexity index is 1260. The van der Waals surface area contributed by atoms with Gasteiger partial charge in [0.25, 0.3) is 0 Å². The van der Waals surface area contributed by atoms with Crippen molar-refractivity contribution in [2.45, 2.75) is 26.8 Å². The number of hydrogen-bond donors (Lipinski definition) is 3. The number of carbonyl (C=O) groups excluding carboxylic acids is 3. The molecule has 5 rings (SSSR count). The molecule has 1 unspecified atom stereocenters. The van der Waals surface area contributed by atoms with Crippen molar-refractivity contribution in [3.8, 4) is 0 Å². The van der Waals surface area contributed by atoms with Gasteiger partial charge in [0.1, 0.15) is 0 Å². The molecule has 4 heterocycles. The number of para-hydroxylation sites is 1. The molecule has 1 atom stereocenters. The van der Waals surface area contributed by atoms with Crippen LogP contribution in [0.5, 0.6) is 0 Å². The molecular formula is C26H35N9O3. The van der Waals surface area contributed by atoms with Gasteiger partial charge in [0, 0.05) is 63.3 Å². The summed E-state index contributed by atoms with van der Waals surface area (Å²) in [7, 11) is 2.04. The Kier molecular flexibility index (Phi) is 8.54. The number of pyridine rings is 1. The quantitative estimate of drug-likeness (QED) is 0.442. The molecule has 2 aliphatic heterocycles. The molecule has 2 aromatic heterocycles. The van der Waals surface area contributed by atoms with Gasteiger partial charge in [0.05, 0.1) is 29.3 Å². The Morgan fingerprint density at radius 2 is 1.79 bits per heavy atom. The number of piperazine rings is 1. The summed E-state index contributed by atoms with van der Waals surface area (Å²) in [4.78, 5) is 44.3. The van der Waals surface area contributed by atoms with E-state index in [9.17, 15) is 14.4 Å². The SMILES string of the molecule is CC(C)C(=O)N1CCN(C(=O)C(=O)Nc2cncc3cn[nH]c23)CC1C.CN1CCN(c2ccccc2)N1. The van der Waals surface area contributed by atoms with Gasteiger partial charge in [-0.05, 0) is 19.1 Å². The van der Waals surface area contributed by atoms with Crippen LogP contribution in [0.1, 0.15) is 20.8 Å². The van der Waals surface area contributed by atoms with Crippen molar-refractivity contribution in [1.29, 1.82) is 0 Å². The lowest BCUT2D eigenvalue weighted by molar-refractivity contribution is -0.148. The Morgan fingerprint density at radius 1 is 1.03 bits per heavy atom. The molecule has 202 valence electrons. The summed E-state index contributed by atoms with van der Waals surface area (Å²) in [5.41, 5.74) is 5.48. The third kappa shape index (κ3) is 6.26. The minimum Gasteiger partial charge on any atom is -0.336 e. The second-order valence-corrected chi connectivity index (χ2v) is 9.77. The Labute approximate surface area is 221 Å². The maximum absolute atomic E-state index is 12.5. The number of aromatic amines is 1. The maximum atomic E-state index is 12.5. The number of nitrogens with one attached hydrogen (secondary N) is 3. The molecule has 0 aliphatic carbocycles. The Balaban J connectivity index is 0.000000232. The number of rotatable bonds is 3.